The number of ether oxygens (including phenoxy) is 1. The Morgan fingerprint density at radius 1 is 1.24 bits per heavy atom. The van der Waals surface area contributed by atoms with Gasteiger partial charge in [0.2, 0.25) is 0 Å². The number of aliphatic imine (C=N–C) groups is 1. The van der Waals surface area contributed by atoms with E-state index in [1.54, 1.807) is 18.4 Å². The maximum Gasteiger partial charge on any atom is 0.289 e. The molecule has 0 bridgehead atoms. The number of hydrogen-bond donors (Lipinski definition) is 1. The second-order valence-corrected chi connectivity index (χ2v) is 9.01. The molecular formula is C22H36N4O3. The van der Waals surface area contributed by atoms with E-state index in [0.717, 1.165) is 51.6 Å². The number of rotatable bonds is 4. The minimum atomic E-state index is -0.0380. The summed E-state index contributed by atoms with van der Waals surface area (Å²) in [5.41, 5.74) is 0.122. The van der Waals surface area contributed by atoms with Crippen molar-refractivity contribution in [3.8, 4) is 0 Å². The molecule has 29 heavy (non-hydrogen) atoms. The van der Waals surface area contributed by atoms with E-state index in [4.69, 9.17) is 14.1 Å². The Kier molecular flexibility index (Phi) is 7.22. The van der Waals surface area contributed by atoms with Crippen molar-refractivity contribution in [2.75, 3.05) is 45.9 Å². The smallest absolute Gasteiger partial charge is 0.289 e. The Labute approximate surface area is 174 Å². The molecule has 162 valence electrons. The minimum absolute atomic E-state index is 0.0380. The zero-order chi connectivity index (χ0) is 20.9. The van der Waals surface area contributed by atoms with Gasteiger partial charge in [-0.3, -0.25) is 9.79 Å². The molecule has 2 atom stereocenters. The quantitative estimate of drug-likeness (QED) is 0.617. The van der Waals surface area contributed by atoms with E-state index in [1.807, 2.05) is 4.90 Å². The fourth-order valence-corrected chi connectivity index (χ4v) is 4.29. The summed E-state index contributed by atoms with van der Waals surface area (Å²) in [5, 5.41) is 3.43. The van der Waals surface area contributed by atoms with Crippen molar-refractivity contribution < 1.29 is 13.9 Å². The third kappa shape index (κ3) is 5.53. The zero-order valence-electron chi connectivity index (χ0n) is 18.3. The van der Waals surface area contributed by atoms with Crippen LogP contribution in [0.25, 0.3) is 0 Å². The molecule has 7 nitrogen and oxygen atoms in total. The van der Waals surface area contributed by atoms with Gasteiger partial charge in [-0.1, -0.05) is 20.8 Å². The average Bonchev–Trinajstić information content (AvgIpc) is 3.25. The number of carbonyl (C=O) groups excluding carboxylic acids is 1. The molecule has 1 N–H and O–H groups in total. The Balaban J connectivity index is 1.60. The highest BCUT2D eigenvalue weighted by atomic mass is 16.5. The first kappa shape index (κ1) is 21.7. The predicted octanol–water partition coefficient (Wildman–Crippen LogP) is 2.84. The van der Waals surface area contributed by atoms with Crippen molar-refractivity contribution in [1.29, 1.82) is 0 Å². The topological polar surface area (TPSA) is 70.3 Å². The molecule has 7 heteroatoms. The lowest BCUT2D eigenvalue weighted by molar-refractivity contribution is -0.0824. The lowest BCUT2D eigenvalue weighted by atomic mass is 9.78. The van der Waals surface area contributed by atoms with Gasteiger partial charge in [-0.25, -0.2) is 0 Å². The number of hydrogen-bond acceptors (Lipinski definition) is 4. The van der Waals surface area contributed by atoms with Crippen LogP contribution in [-0.4, -0.2) is 73.6 Å². The lowest BCUT2D eigenvalue weighted by Crippen LogP contribution is -2.54. The summed E-state index contributed by atoms with van der Waals surface area (Å²) >= 11 is 0. The van der Waals surface area contributed by atoms with Crippen LogP contribution in [0.2, 0.25) is 0 Å². The van der Waals surface area contributed by atoms with Crippen molar-refractivity contribution in [3.63, 3.8) is 0 Å². The van der Waals surface area contributed by atoms with E-state index >= 15 is 0 Å². The standard InChI is InChI=1S/C22H36N4O3/c1-5-23-21(24-16-17-8-6-15-29-19(17)22(2,3)4)26-12-10-25(11-13-26)20(27)18-9-7-14-28-18/h7,9,14,17,19H,5-6,8,10-13,15-16H2,1-4H3,(H,23,24). The molecule has 0 aromatic carbocycles. The molecule has 0 saturated carbocycles. The van der Waals surface area contributed by atoms with Crippen LogP contribution < -0.4 is 5.32 Å². The molecule has 2 aliphatic rings. The van der Waals surface area contributed by atoms with Gasteiger partial charge in [0.1, 0.15) is 0 Å². The molecule has 2 saturated heterocycles. The summed E-state index contributed by atoms with van der Waals surface area (Å²) in [6.45, 7) is 14.2. The first-order chi connectivity index (χ1) is 13.9. The average molecular weight is 405 g/mol. The Morgan fingerprint density at radius 2 is 1.97 bits per heavy atom. The molecule has 1 aromatic heterocycles. The van der Waals surface area contributed by atoms with Crippen LogP contribution in [-0.2, 0) is 4.74 Å². The van der Waals surface area contributed by atoms with Gasteiger partial charge in [0.25, 0.3) is 5.91 Å². The van der Waals surface area contributed by atoms with Crippen LogP contribution in [0.5, 0.6) is 0 Å². The first-order valence-corrected chi connectivity index (χ1v) is 10.9. The highest BCUT2D eigenvalue weighted by Gasteiger charge is 2.35. The maximum atomic E-state index is 12.5. The molecular weight excluding hydrogens is 368 g/mol. The third-order valence-corrected chi connectivity index (χ3v) is 5.71. The molecule has 0 aliphatic carbocycles. The zero-order valence-corrected chi connectivity index (χ0v) is 18.3. The molecule has 2 aliphatic heterocycles. The summed E-state index contributed by atoms with van der Waals surface area (Å²) in [5.74, 6) is 1.75. The van der Waals surface area contributed by atoms with Gasteiger partial charge in [-0.05, 0) is 37.3 Å². The van der Waals surface area contributed by atoms with Gasteiger partial charge in [-0.2, -0.15) is 0 Å². The van der Waals surface area contributed by atoms with Gasteiger partial charge in [0, 0.05) is 51.8 Å². The first-order valence-electron chi connectivity index (χ1n) is 10.9. The molecule has 0 radical (unpaired) electrons. The van der Waals surface area contributed by atoms with E-state index in [9.17, 15) is 4.79 Å². The molecule has 0 spiro atoms. The Hall–Kier alpha value is -2.02. The number of nitrogens with zero attached hydrogens (tertiary/aromatic N) is 3. The van der Waals surface area contributed by atoms with E-state index in [0.29, 0.717) is 24.8 Å². The number of nitrogens with one attached hydrogen (secondary N) is 1. The van der Waals surface area contributed by atoms with E-state index in [2.05, 4.69) is 37.9 Å². The summed E-state index contributed by atoms with van der Waals surface area (Å²) in [7, 11) is 0. The van der Waals surface area contributed by atoms with E-state index in [-0.39, 0.29) is 17.4 Å². The normalized spacial score (nSPS) is 23.9. The van der Waals surface area contributed by atoms with E-state index < -0.39 is 0 Å². The lowest BCUT2D eigenvalue weighted by Gasteiger charge is -2.40. The van der Waals surface area contributed by atoms with Crippen molar-refractivity contribution >= 4 is 11.9 Å². The summed E-state index contributed by atoms with van der Waals surface area (Å²) < 4.78 is 11.4. The molecule has 3 rings (SSSR count). The fraction of sp³-hybridized carbons (Fsp3) is 0.727. The molecule has 3 heterocycles. The Morgan fingerprint density at radius 3 is 2.59 bits per heavy atom. The van der Waals surface area contributed by atoms with Crippen molar-refractivity contribution in [1.82, 2.24) is 15.1 Å². The minimum Gasteiger partial charge on any atom is -0.459 e. The largest absolute Gasteiger partial charge is 0.459 e. The summed E-state index contributed by atoms with van der Waals surface area (Å²) in [4.78, 5) is 21.6. The number of piperazine rings is 1. The van der Waals surface area contributed by atoms with Crippen LogP contribution in [0.1, 0.15) is 51.1 Å². The Bertz CT molecular complexity index is 673. The second-order valence-electron chi connectivity index (χ2n) is 9.01. The van der Waals surface area contributed by atoms with Gasteiger partial charge in [-0.15, -0.1) is 0 Å². The number of carbonyl (C=O) groups is 1. The molecule has 2 fully saturated rings. The van der Waals surface area contributed by atoms with Crippen LogP contribution in [0.3, 0.4) is 0 Å². The van der Waals surface area contributed by atoms with Gasteiger partial charge in [0.15, 0.2) is 11.7 Å². The van der Waals surface area contributed by atoms with Gasteiger partial charge in [0.05, 0.1) is 12.4 Å². The maximum absolute atomic E-state index is 12.5. The molecule has 1 amide bonds. The van der Waals surface area contributed by atoms with Crippen molar-refractivity contribution in [3.05, 3.63) is 24.2 Å². The van der Waals surface area contributed by atoms with Crippen LogP contribution >= 0.6 is 0 Å². The summed E-state index contributed by atoms with van der Waals surface area (Å²) in [6, 6.07) is 3.47. The fourth-order valence-electron chi connectivity index (χ4n) is 4.29. The van der Waals surface area contributed by atoms with Crippen molar-refractivity contribution in [2.24, 2.45) is 16.3 Å². The van der Waals surface area contributed by atoms with E-state index in [1.165, 1.54) is 0 Å². The van der Waals surface area contributed by atoms with Crippen molar-refractivity contribution in [2.45, 2.75) is 46.6 Å². The third-order valence-electron chi connectivity index (χ3n) is 5.71. The van der Waals surface area contributed by atoms with Crippen LogP contribution in [0.15, 0.2) is 27.8 Å². The monoisotopic (exact) mass is 404 g/mol. The second kappa shape index (κ2) is 9.65. The highest BCUT2D eigenvalue weighted by molar-refractivity contribution is 5.91. The van der Waals surface area contributed by atoms with Crippen LogP contribution in [0.4, 0.5) is 0 Å². The molecule has 2 unspecified atom stereocenters. The number of amides is 1. The number of furan rings is 1. The van der Waals surface area contributed by atoms with Gasteiger partial charge < -0.3 is 24.3 Å². The predicted molar refractivity (Wildman–Crippen MR) is 114 cm³/mol. The van der Waals surface area contributed by atoms with Crippen LogP contribution in [0, 0.1) is 11.3 Å². The SMILES string of the molecule is CCNC(=NCC1CCCOC1C(C)(C)C)N1CCN(C(=O)c2ccco2)CC1. The summed E-state index contributed by atoms with van der Waals surface area (Å²) in [6.07, 6.45) is 4.05. The molecule has 1 aromatic rings. The highest BCUT2D eigenvalue weighted by Crippen LogP contribution is 2.34. The number of guanidine groups is 1. The van der Waals surface area contributed by atoms with Gasteiger partial charge >= 0.3 is 0 Å².